The number of nitrogens with zero attached hydrogens (tertiary/aromatic N) is 3. The summed E-state index contributed by atoms with van der Waals surface area (Å²) in [7, 11) is 0. The molecule has 1 aliphatic heterocycles. The Kier molecular flexibility index (Phi) is 5.74. The fourth-order valence-electron chi connectivity index (χ4n) is 4.43. The summed E-state index contributed by atoms with van der Waals surface area (Å²) < 4.78 is 54.5. The second kappa shape index (κ2) is 7.91. The number of phenolic OH excluding ortho intramolecular Hbond substituents is 1. The molecule has 1 unspecified atom stereocenters. The van der Waals surface area contributed by atoms with Crippen molar-refractivity contribution < 1.29 is 36.7 Å². The Morgan fingerprint density at radius 1 is 1.09 bits per heavy atom. The van der Waals surface area contributed by atoms with Gasteiger partial charge < -0.3 is 5.11 Å². The van der Waals surface area contributed by atoms with Crippen molar-refractivity contribution in [2.45, 2.75) is 25.6 Å². The Morgan fingerprint density at radius 2 is 1.69 bits per heavy atom. The molecule has 1 fully saturated rings. The van der Waals surface area contributed by atoms with Gasteiger partial charge in [0, 0.05) is 5.56 Å². The van der Waals surface area contributed by atoms with Crippen molar-refractivity contribution in [3.05, 3.63) is 59.2 Å². The number of carbonyl (C=O) groups excluding carboxylic acids is 2. The van der Waals surface area contributed by atoms with Crippen molar-refractivity contribution in [2.24, 2.45) is 0 Å². The number of hydrogen-bond donors (Lipinski definition) is 1. The molecule has 3 amide bonds. The van der Waals surface area contributed by atoms with Gasteiger partial charge in [0.1, 0.15) is 5.75 Å². The van der Waals surface area contributed by atoms with Crippen molar-refractivity contribution >= 4 is 17.6 Å². The number of nitriles is 1. The van der Waals surface area contributed by atoms with Gasteiger partial charge in [0.25, 0.3) is 0 Å². The molecule has 32 heavy (non-hydrogen) atoms. The minimum Gasteiger partial charge on any atom is -0.508 e. The lowest BCUT2D eigenvalue weighted by molar-refractivity contribution is -0.890. The summed E-state index contributed by atoms with van der Waals surface area (Å²) in [6.07, 6.45) is -4.90. The van der Waals surface area contributed by atoms with Crippen LogP contribution in [0.4, 0.5) is 28.0 Å². The molecule has 0 aromatic heterocycles. The van der Waals surface area contributed by atoms with E-state index in [-0.39, 0.29) is 24.4 Å². The van der Waals surface area contributed by atoms with E-state index in [0.29, 0.717) is 11.0 Å². The highest BCUT2D eigenvalue weighted by molar-refractivity contribution is 6.20. The Labute approximate surface area is 181 Å². The SMILES string of the molecule is CC[N+]1(CC)C(=O)N(c2ccc(C#N)c(C(F)(F)F)c2)C(=O)C1(CF)c1ccc(O)cc1. The lowest BCUT2D eigenvalue weighted by Gasteiger charge is -2.40. The van der Waals surface area contributed by atoms with Gasteiger partial charge in [-0.05, 0) is 56.3 Å². The molecule has 3 rings (SSSR count). The third-order valence-electron chi connectivity index (χ3n) is 6.15. The van der Waals surface area contributed by atoms with E-state index in [1.54, 1.807) is 13.8 Å². The number of phenols is 1. The van der Waals surface area contributed by atoms with Crippen LogP contribution in [-0.2, 0) is 16.5 Å². The van der Waals surface area contributed by atoms with Crippen LogP contribution in [0.5, 0.6) is 5.75 Å². The number of rotatable bonds is 5. The highest BCUT2D eigenvalue weighted by Crippen LogP contribution is 2.47. The van der Waals surface area contributed by atoms with Gasteiger partial charge in [-0.3, -0.25) is 4.79 Å². The molecule has 1 atom stereocenters. The van der Waals surface area contributed by atoms with Crippen LogP contribution in [0.15, 0.2) is 42.5 Å². The Hall–Kier alpha value is -3.45. The zero-order chi connectivity index (χ0) is 23.9. The first-order valence-electron chi connectivity index (χ1n) is 9.77. The van der Waals surface area contributed by atoms with Gasteiger partial charge in [0.05, 0.1) is 36.0 Å². The van der Waals surface area contributed by atoms with E-state index < -0.39 is 51.6 Å². The minimum atomic E-state index is -4.90. The molecule has 0 spiro atoms. The van der Waals surface area contributed by atoms with Crippen LogP contribution in [-0.4, -0.2) is 41.3 Å². The predicted octanol–water partition coefficient (Wildman–Crippen LogP) is 4.47. The van der Waals surface area contributed by atoms with Crippen molar-refractivity contribution in [1.82, 2.24) is 0 Å². The first-order valence-corrected chi connectivity index (χ1v) is 9.77. The summed E-state index contributed by atoms with van der Waals surface area (Å²) in [4.78, 5) is 27.8. The van der Waals surface area contributed by atoms with E-state index in [1.807, 2.05) is 0 Å². The normalized spacial score (nSPS) is 20.5. The Balaban J connectivity index is 2.30. The van der Waals surface area contributed by atoms with Gasteiger partial charge in [0.15, 0.2) is 6.67 Å². The van der Waals surface area contributed by atoms with Gasteiger partial charge in [0.2, 0.25) is 5.54 Å². The van der Waals surface area contributed by atoms with Crippen LogP contribution in [0.3, 0.4) is 0 Å². The van der Waals surface area contributed by atoms with Crippen molar-refractivity contribution in [2.75, 3.05) is 24.7 Å². The van der Waals surface area contributed by atoms with Crippen LogP contribution in [0, 0.1) is 11.3 Å². The molecule has 1 N–H and O–H groups in total. The van der Waals surface area contributed by atoms with Crippen molar-refractivity contribution in [1.29, 1.82) is 5.26 Å². The smallest absolute Gasteiger partial charge is 0.431 e. The highest BCUT2D eigenvalue weighted by atomic mass is 19.4. The number of hydrogen-bond acceptors (Lipinski definition) is 4. The topological polar surface area (TPSA) is 81.4 Å². The molecule has 2 aromatic carbocycles. The molecular formula is C22H20F4N3O3+. The van der Waals surface area contributed by atoms with E-state index >= 15 is 0 Å². The standard InChI is InChI=1S/C22H19F4N3O3/c1-3-29(4-2)20(32)28(16-8-5-14(12-27)18(11-16)22(24,25)26)19(31)21(29,13-23)15-6-9-17(30)10-7-15/h5-11H,3-4,13H2,1-2H3/p+1. The van der Waals surface area contributed by atoms with Crippen LogP contribution in [0.25, 0.3) is 0 Å². The number of carbonyl (C=O) groups is 2. The number of halogens is 4. The van der Waals surface area contributed by atoms with Gasteiger partial charge in [-0.15, -0.1) is 0 Å². The fraction of sp³-hybridized carbons (Fsp3) is 0.318. The zero-order valence-electron chi connectivity index (χ0n) is 17.3. The van der Waals surface area contributed by atoms with Gasteiger partial charge in [-0.2, -0.15) is 23.3 Å². The number of anilines is 1. The number of alkyl halides is 4. The Bertz CT molecular complexity index is 1100. The highest BCUT2D eigenvalue weighted by Gasteiger charge is 2.71. The van der Waals surface area contributed by atoms with E-state index in [4.69, 9.17) is 5.26 Å². The third-order valence-corrected chi connectivity index (χ3v) is 6.15. The molecule has 168 valence electrons. The largest absolute Gasteiger partial charge is 0.508 e. The first kappa shape index (κ1) is 23.2. The molecule has 6 nitrogen and oxygen atoms in total. The lowest BCUT2D eigenvalue weighted by atomic mass is 9.86. The van der Waals surface area contributed by atoms with Crippen molar-refractivity contribution in [3.8, 4) is 11.8 Å². The summed E-state index contributed by atoms with van der Waals surface area (Å²) in [6.45, 7) is 1.87. The summed E-state index contributed by atoms with van der Waals surface area (Å²) in [5, 5.41) is 18.6. The Morgan fingerprint density at radius 3 is 2.16 bits per heavy atom. The molecule has 0 radical (unpaired) electrons. The zero-order valence-corrected chi connectivity index (χ0v) is 17.3. The van der Waals surface area contributed by atoms with E-state index in [1.165, 1.54) is 30.3 Å². The number of quaternary nitrogens is 1. The number of amides is 3. The van der Waals surface area contributed by atoms with Crippen LogP contribution in [0.2, 0.25) is 0 Å². The van der Waals surface area contributed by atoms with Gasteiger partial charge >= 0.3 is 18.1 Å². The first-order chi connectivity index (χ1) is 15.0. The quantitative estimate of drug-likeness (QED) is 0.414. The van der Waals surface area contributed by atoms with Gasteiger partial charge in [-0.1, -0.05) is 0 Å². The number of aromatic hydroxyl groups is 1. The second-order valence-corrected chi connectivity index (χ2v) is 7.40. The minimum absolute atomic E-state index is 0.00915. The maximum atomic E-state index is 14.8. The number of benzene rings is 2. The van der Waals surface area contributed by atoms with E-state index in [9.17, 15) is 32.3 Å². The van der Waals surface area contributed by atoms with Crippen LogP contribution in [0.1, 0.15) is 30.5 Å². The lowest BCUT2D eigenvalue weighted by Crippen LogP contribution is -2.63. The van der Waals surface area contributed by atoms with E-state index in [0.717, 1.165) is 12.1 Å². The average molecular weight is 450 g/mol. The molecule has 0 bridgehead atoms. The summed E-state index contributed by atoms with van der Waals surface area (Å²) in [6, 6.07) is 8.20. The van der Waals surface area contributed by atoms with Crippen molar-refractivity contribution in [3.63, 3.8) is 0 Å². The van der Waals surface area contributed by atoms with Gasteiger partial charge in [-0.25, -0.2) is 13.7 Å². The molecule has 0 saturated carbocycles. The predicted molar refractivity (Wildman–Crippen MR) is 106 cm³/mol. The average Bonchev–Trinajstić information content (AvgIpc) is 2.96. The number of likely N-dealkylation sites (N-methyl/N-ethyl adjacent to an activating group) is 1. The second-order valence-electron chi connectivity index (χ2n) is 7.40. The maximum Gasteiger partial charge on any atom is 0.431 e. The molecule has 1 aliphatic rings. The summed E-state index contributed by atoms with van der Waals surface area (Å²) in [5.41, 5.74) is -4.29. The number of imide groups is 1. The number of urea groups is 1. The molecule has 0 aliphatic carbocycles. The molecule has 2 aromatic rings. The molecule has 1 saturated heterocycles. The van der Waals surface area contributed by atoms with E-state index in [2.05, 4.69) is 0 Å². The molecule has 1 heterocycles. The summed E-state index contributed by atoms with van der Waals surface area (Å²) in [5.74, 6) is -1.15. The molecule has 10 heteroatoms. The monoisotopic (exact) mass is 450 g/mol. The summed E-state index contributed by atoms with van der Waals surface area (Å²) >= 11 is 0. The molecular weight excluding hydrogens is 430 g/mol. The van der Waals surface area contributed by atoms with Crippen LogP contribution < -0.4 is 4.90 Å². The van der Waals surface area contributed by atoms with Crippen LogP contribution >= 0.6 is 0 Å². The third kappa shape index (κ3) is 3.04. The maximum absolute atomic E-state index is 14.8. The fourth-order valence-corrected chi connectivity index (χ4v) is 4.43.